The minimum absolute atomic E-state index is 0.0760. The predicted molar refractivity (Wildman–Crippen MR) is 81.1 cm³/mol. The van der Waals surface area contributed by atoms with E-state index in [1.54, 1.807) is 0 Å². The third-order valence-corrected chi connectivity index (χ3v) is 3.17. The highest BCUT2D eigenvalue weighted by molar-refractivity contribution is 5.94. The first-order chi connectivity index (χ1) is 9.32. The fourth-order valence-corrected chi connectivity index (χ4v) is 2.17. The van der Waals surface area contributed by atoms with Gasteiger partial charge in [0.1, 0.15) is 5.82 Å². The summed E-state index contributed by atoms with van der Waals surface area (Å²) in [6.07, 6.45) is 1.37. The third kappa shape index (κ3) is 4.38. The van der Waals surface area contributed by atoms with Gasteiger partial charge in [-0.1, -0.05) is 0 Å². The number of aromatic nitrogens is 1. The summed E-state index contributed by atoms with van der Waals surface area (Å²) in [6.45, 7) is 10.2. The van der Waals surface area contributed by atoms with Crippen LogP contribution in [0.25, 0.3) is 0 Å². The molecule has 0 unspecified atom stereocenters. The minimum atomic E-state index is -1.04. The Hall–Kier alpha value is -1.82. The van der Waals surface area contributed by atoms with Crippen LogP contribution in [-0.2, 0) is 0 Å². The van der Waals surface area contributed by atoms with E-state index in [2.05, 4.69) is 42.9 Å². The molecule has 4 N–H and O–H groups in total. The summed E-state index contributed by atoms with van der Waals surface area (Å²) in [5.74, 6) is -0.511. The summed E-state index contributed by atoms with van der Waals surface area (Å²) < 4.78 is 0. The molecule has 0 aliphatic rings. The topological polar surface area (TPSA) is 91.5 Å². The summed E-state index contributed by atoms with van der Waals surface area (Å²) in [7, 11) is 0. The van der Waals surface area contributed by atoms with Crippen LogP contribution in [0.3, 0.4) is 0 Å². The largest absolute Gasteiger partial charge is 0.478 e. The van der Waals surface area contributed by atoms with Crippen LogP contribution in [0.1, 0.15) is 38.1 Å². The number of rotatable bonds is 7. The first-order valence-electron chi connectivity index (χ1n) is 6.81. The summed E-state index contributed by atoms with van der Waals surface area (Å²) in [6, 6.07) is 2.39. The number of nitrogens with two attached hydrogens (primary N) is 1. The number of pyridine rings is 1. The average molecular weight is 280 g/mol. The number of hydrogen-bond acceptors (Lipinski definition) is 5. The Bertz CT molecular complexity index is 452. The second-order valence-corrected chi connectivity index (χ2v) is 5.31. The highest BCUT2D eigenvalue weighted by Gasteiger charge is 2.13. The second kappa shape index (κ2) is 7.09. The van der Waals surface area contributed by atoms with Crippen molar-refractivity contribution in [1.82, 2.24) is 9.88 Å². The molecule has 6 nitrogen and oxygen atoms in total. The monoisotopic (exact) mass is 280 g/mol. The van der Waals surface area contributed by atoms with Crippen molar-refractivity contribution in [1.29, 1.82) is 0 Å². The zero-order valence-corrected chi connectivity index (χ0v) is 12.6. The highest BCUT2D eigenvalue weighted by atomic mass is 16.4. The average Bonchev–Trinajstić information content (AvgIpc) is 2.35. The Morgan fingerprint density at radius 1 is 1.40 bits per heavy atom. The van der Waals surface area contributed by atoms with Crippen LogP contribution in [-0.4, -0.2) is 46.1 Å². The molecule has 1 aromatic rings. The smallest absolute Gasteiger partial charge is 0.337 e. The molecule has 0 radical (unpaired) electrons. The molecular weight excluding hydrogens is 256 g/mol. The molecule has 0 aliphatic carbocycles. The van der Waals surface area contributed by atoms with E-state index < -0.39 is 5.97 Å². The van der Waals surface area contributed by atoms with Gasteiger partial charge in [0.05, 0.1) is 17.4 Å². The van der Waals surface area contributed by atoms with Crippen LogP contribution in [0.5, 0.6) is 0 Å². The summed E-state index contributed by atoms with van der Waals surface area (Å²) >= 11 is 0. The van der Waals surface area contributed by atoms with Crippen molar-refractivity contribution < 1.29 is 9.90 Å². The lowest BCUT2D eigenvalue weighted by atomic mass is 10.2. The summed E-state index contributed by atoms with van der Waals surface area (Å²) in [5, 5.41) is 12.1. The molecule has 0 atom stereocenters. The molecule has 0 spiro atoms. The van der Waals surface area contributed by atoms with E-state index in [4.69, 9.17) is 10.8 Å². The standard InChI is InChI=1S/C14H24N4O2/c1-9(2)18(10(3)4)6-5-16-13-7-11(14(19)20)12(15)8-17-13/h7-10H,5-6,15H2,1-4H3,(H,16,17)(H,19,20). The first kappa shape index (κ1) is 16.2. The lowest BCUT2D eigenvalue weighted by Gasteiger charge is -2.30. The van der Waals surface area contributed by atoms with Gasteiger partial charge >= 0.3 is 5.97 Å². The van der Waals surface area contributed by atoms with E-state index in [0.29, 0.717) is 24.4 Å². The number of aromatic carboxylic acids is 1. The first-order valence-corrected chi connectivity index (χ1v) is 6.81. The number of nitrogen functional groups attached to an aromatic ring is 1. The SMILES string of the molecule is CC(C)N(CCNc1cc(C(=O)O)c(N)cn1)C(C)C. The van der Waals surface area contributed by atoms with Crippen LogP contribution >= 0.6 is 0 Å². The van der Waals surface area contributed by atoms with Gasteiger partial charge in [0.2, 0.25) is 0 Å². The van der Waals surface area contributed by atoms with Crippen molar-refractivity contribution in [2.45, 2.75) is 39.8 Å². The quantitative estimate of drug-likeness (QED) is 0.706. The van der Waals surface area contributed by atoms with Crippen molar-refractivity contribution in [3.05, 3.63) is 17.8 Å². The summed E-state index contributed by atoms with van der Waals surface area (Å²) in [4.78, 5) is 17.4. The number of hydrogen-bond donors (Lipinski definition) is 3. The van der Waals surface area contributed by atoms with Crippen LogP contribution in [0.15, 0.2) is 12.3 Å². The van der Waals surface area contributed by atoms with Crippen molar-refractivity contribution in [3.8, 4) is 0 Å². The van der Waals surface area contributed by atoms with Gasteiger partial charge < -0.3 is 16.2 Å². The number of anilines is 2. The lowest BCUT2D eigenvalue weighted by molar-refractivity contribution is 0.0698. The molecule has 0 amide bonds. The van der Waals surface area contributed by atoms with Gasteiger partial charge in [-0.3, -0.25) is 4.90 Å². The van der Waals surface area contributed by atoms with E-state index >= 15 is 0 Å². The molecule has 1 aromatic heterocycles. The molecule has 112 valence electrons. The molecule has 1 heterocycles. The molecule has 0 aliphatic heterocycles. The maximum absolute atomic E-state index is 11.0. The van der Waals surface area contributed by atoms with E-state index in [1.807, 2.05) is 0 Å². The van der Waals surface area contributed by atoms with Gasteiger partial charge in [0, 0.05) is 25.2 Å². The Kier molecular flexibility index (Phi) is 5.76. The molecule has 0 saturated heterocycles. The number of nitrogens with zero attached hydrogens (tertiary/aromatic N) is 2. The Morgan fingerprint density at radius 2 is 2.00 bits per heavy atom. The van der Waals surface area contributed by atoms with Crippen LogP contribution in [0.2, 0.25) is 0 Å². The van der Waals surface area contributed by atoms with E-state index in [1.165, 1.54) is 12.3 Å². The molecule has 20 heavy (non-hydrogen) atoms. The summed E-state index contributed by atoms with van der Waals surface area (Å²) in [5.41, 5.74) is 5.82. The van der Waals surface area contributed by atoms with Gasteiger partial charge in [-0.15, -0.1) is 0 Å². The van der Waals surface area contributed by atoms with Crippen molar-refractivity contribution >= 4 is 17.5 Å². The Morgan fingerprint density at radius 3 is 2.50 bits per heavy atom. The highest BCUT2D eigenvalue weighted by Crippen LogP contribution is 2.14. The van der Waals surface area contributed by atoms with Crippen molar-refractivity contribution in [2.24, 2.45) is 0 Å². The lowest BCUT2D eigenvalue weighted by Crippen LogP contribution is -2.40. The van der Waals surface area contributed by atoms with Gasteiger partial charge in [-0.2, -0.15) is 0 Å². The maximum atomic E-state index is 11.0. The maximum Gasteiger partial charge on any atom is 0.337 e. The number of carbonyl (C=O) groups is 1. The number of carboxylic acid groups (broad SMARTS) is 1. The van der Waals surface area contributed by atoms with Gasteiger partial charge in [0.25, 0.3) is 0 Å². The minimum Gasteiger partial charge on any atom is -0.478 e. The van der Waals surface area contributed by atoms with E-state index in [0.717, 1.165) is 6.54 Å². The zero-order chi connectivity index (χ0) is 15.3. The van der Waals surface area contributed by atoms with E-state index in [9.17, 15) is 4.79 Å². The van der Waals surface area contributed by atoms with Crippen LogP contribution < -0.4 is 11.1 Å². The predicted octanol–water partition coefficient (Wildman–Crippen LogP) is 1.89. The van der Waals surface area contributed by atoms with E-state index in [-0.39, 0.29) is 11.3 Å². The van der Waals surface area contributed by atoms with Gasteiger partial charge in [0.15, 0.2) is 0 Å². The van der Waals surface area contributed by atoms with Crippen molar-refractivity contribution in [3.63, 3.8) is 0 Å². The fourth-order valence-electron chi connectivity index (χ4n) is 2.17. The van der Waals surface area contributed by atoms with Gasteiger partial charge in [-0.25, -0.2) is 9.78 Å². The fraction of sp³-hybridized carbons (Fsp3) is 0.571. The molecular formula is C14H24N4O2. The molecule has 6 heteroatoms. The third-order valence-electron chi connectivity index (χ3n) is 3.17. The zero-order valence-electron chi connectivity index (χ0n) is 12.6. The molecule has 1 rings (SSSR count). The normalized spacial score (nSPS) is 11.3. The van der Waals surface area contributed by atoms with Gasteiger partial charge in [-0.05, 0) is 33.8 Å². The number of nitrogens with one attached hydrogen (secondary N) is 1. The van der Waals surface area contributed by atoms with Crippen LogP contribution in [0, 0.1) is 0 Å². The Labute approximate surface area is 120 Å². The molecule has 0 bridgehead atoms. The number of carboxylic acids is 1. The second-order valence-electron chi connectivity index (χ2n) is 5.31. The Balaban J connectivity index is 2.62. The molecule has 0 saturated carbocycles. The molecule has 0 aromatic carbocycles. The van der Waals surface area contributed by atoms with Crippen LogP contribution in [0.4, 0.5) is 11.5 Å². The van der Waals surface area contributed by atoms with Crippen molar-refractivity contribution in [2.75, 3.05) is 24.1 Å². The molecule has 0 fully saturated rings.